The average molecular weight is 925 g/mol. The molecule has 0 atom stereocenters. The molecule has 0 aromatic heterocycles. The van der Waals surface area contributed by atoms with Crippen molar-refractivity contribution >= 4 is 75.0 Å². The van der Waals surface area contributed by atoms with Gasteiger partial charge in [0.25, 0.3) is 0 Å². The third-order valence-electron chi connectivity index (χ3n) is 8.77. The number of hydrogen-bond acceptors (Lipinski definition) is 4. The summed E-state index contributed by atoms with van der Waals surface area (Å²) in [6.07, 6.45) is 0. The molecule has 8 rings (SSSR count). The van der Waals surface area contributed by atoms with Crippen molar-refractivity contribution in [1.82, 2.24) is 0 Å². The molecule has 0 heterocycles. The van der Waals surface area contributed by atoms with Gasteiger partial charge in [-0.1, -0.05) is 218 Å². The fourth-order valence-electron chi connectivity index (χ4n) is 6.04. The van der Waals surface area contributed by atoms with Crippen LogP contribution in [-0.4, -0.2) is 28.4 Å². The molecular weight excluding hydrogens is 871 g/mol. The molecule has 8 aromatic carbocycles. The predicted molar refractivity (Wildman–Crippen MR) is 266 cm³/mol. The molecule has 0 N–H and O–H groups in total. The first-order valence-electron chi connectivity index (χ1n) is 19.5. The first-order chi connectivity index (χ1) is 29.7. The van der Waals surface area contributed by atoms with Gasteiger partial charge in [0.05, 0.1) is 31.6 Å². The topological polar surface area (TPSA) is 36.9 Å². The third-order valence-corrected chi connectivity index (χ3v) is 16.6. The fraction of sp³-hybridized carbons (Fsp3) is 0.0769. The van der Waals surface area contributed by atoms with Gasteiger partial charge in [0.2, 0.25) is 0 Å². The van der Waals surface area contributed by atoms with E-state index in [1.807, 2.05) is 121 Å². The van der Waals surface area contributed by atoms with Crippen LogP contribution in [0.5, 0.6) is 0 Å². The zero-order valence-electron chi connectivity index (χ0n) is 34.9. The van der Waals surface area contributed by atoms with Gasteiger partial charge >= 0.3 is 0 Å². The molecule has 0 saturated heterocycles. The minimum absolute atomic E-state index is 0. The Hall–Kier alpha value is -4.19. The Morgan fingerprint density at radius 2 is 0.426 bits per heavy atom. The summed E-state index contributed by atoms with van der Waals surface area (Å²) >= 11 is 0. The van der Waals surface area contributed by atoms with Crippen molar-refractivity contribution in [3.63, 3.8) is 0 Å². The van der Waals surface area contributed by atoms with E-state index in [-0.39, 0.29) is 16.5 Å². The van der Waals surface area contributed by atoms with Gasteiger partial charge in [-0.25, -0.2) is 4.52 Å². The van der Waals surface area contributed by atoms with Crippen molar-refractivity contribution in [1.29, 1.82) is 0 Å². The second-order valence-corrected chi connectivity index (χ2v) is 20.9. The van der Waals surface area contributed by atoms with E-state index in [4.69, 9.17) is 18.1 Å². The Bertz CT molecular complexity index is 1780. The maximum atomic E-state index is 5.62. The van der Waals surface area contributed by atoms with E-state index in [1.54, 1.807) is 28.4 Å². The Morgan fingerprint density at radius 1 is 0.262 bits per heavy atom. The maximum absolute atomic E-state index is 5.62. The number of hydrogen-bond donors (Lipinski definition) is 0. The molecule has 0 radical (unpaired) electrons. The predicted octanol–water partition coefficient (Wildman–Crippen LogP) is 10.5. The Kier molecular flexibility index (Phi) is 23.7. The largest absolute Gasteiger partial charge is 0.353 e. The van der Waals surface area contributed by atoms with Crippen LogP contribution < -0.4 is 42.4 Å². The minimum Gasteiger partial charge on any atom is -0.353 e. The number of benzene rings is 8. The molecule has 0 saturated carbocycles. The van der Waals surface area contributed by atoms with Crippen molar-refractivity contribution < 1.29 is 34.6 Å². The molecule has 9 heteroatoms. The van der Waals surface area contributed by atoms with E-state index in [1.165, 1.54) is 42.4 Å². The van der Waals surface area contributed by atoms with E-state index in [0.29, 0.717) is 0 Å². The van der Waals surface area contributed by atoms with Crippen LogP contribution in [0.3, 0.4) is 0 Å². The molecule has 314 valence electrons. The average Bonchev–Trinajstić information content (AvgIpc) is 3.34. The van der Waals surface area contributed by atoms with Crippen molar-refractivity contribution in [2.24, 2.45) is 0 Å². The number of rotatable bonds is 12. The van der Waals surface area contributed by atoms with E-state index in [2.05, 4.69) is 121 Å². The van der Waals surface area contributed by atoms with Crippen molar-refractivity contribution in [2.45, 2.75) is 0 Å². The molecule has 0 unspecified atom stereocenters. The smallest absolute Gasteiger partial charge is 0.197 e. The van der Waals surface area contributed by atoms with Gasteiger partial charge in [-0.3, -0.25) is 0 Å². The van der Waals surface area contributed by atoms with Crippen molar-refractivity contribution in [3.8, 4) is 0 Å². The Labute approximate surface area is 378 Å². The summed E-state index contributed by atoms with van der Waals surface area (Å²) in [5.41, 5.74) is 0. The molecular formula is C52H53NiO4P4+. The van der Waals surface area contributed by atoms with E-state index < -0.39 is 32.6 Å². The summed E-state index contributed by atoms with van der Waals surface area (Å²) in [6.45, 7) is 0. The van der Waals surface area contributed by atoms with Crippen LogP contribution in [0.4, 0.5) is 0 Å². The first kappa shape index (κ1) is 49.5. The third kappa shape index (κ3) is 16.2. The van der Waals surface area contributed by atoms with Gasteiger partial charge in [0.15, 0.2) is 8.15 Å². The van der Waals surface area contributed by atoms with Gasteiger partial charge in [-0.2, -0.15) is 0 Å². The van der Waals surface area contributed by atoms with Crippen LogP contribution in [-0.2, 0) is 34.6 Å². The second-order valence-electron chi connectivity index (χ2n) is 12.7. The molecule has 61 heavy (non-hydrogen) atoms. The van der Waals surface area contributed by atoms with Gasteiger partial charge in [-0.05, 0) is 24.3 Å². The molecule has 8 aromatic rings. The van der Waals surface area contributed by atoms with Gasteiger partial charge in [-0.15, -0.1) is 0 Å². The van der Waals surface area contributed by atoms with Crippen molar-refractivity contribution in [3.05, 3.63) is 243 Å². The summed E-state index contributed by atoms with van der Waals surface area (Å²) in [5, 5.41) is 10.1. The molecule has 0 aliphatic rings. The van der Waals surface area contributed by atoms with E-state index >= 15 is 0 Å². The van der Waals surface area contributed by atoms with Gasteiger partial charge in [0.1, 0.15) is 10.6 Å². The van der Waals surface area contributed by atoms with Crippen LogP contribution in [0.1, 0.15) is 0 Å². The van der Waals surface area contributed by atoms with Crippen LogP contribution in [0, 0.1) is 0 Å². The maximum Gasteiger partial charge on any atom is 0.197 e. The molecule has 0 spiro atoms. The Balaban J connectivity index is 0.000000178. The molecule has 0 fully saturated rings. The quantitative estimate of drug-likeness (QED) is 0.0904. The standard InChI is InChI=1S/4C13H13OP.Ni/c4*1-14-15(12-8-4-2-5-9-12)13-10-6-3-7-11-13;/h4*2-11H,1H3;/p+1. The zero-order valence-corrected chi connectivity index (χ0v) is 39.6. The van der Waals surface area contributed by atoms with Crippen LogP contribution >= 0.6 is 32.6 Å². The van der Waals surface area contributed by atoms with Crippen LogP contribution in [0.2, 0.25) is 0 Å². The fourth-order valence-corrected chi connectivity index (χ4v) is 12.7. The SMILES string of the molecule is COP(c1ccccc1)c1ccccc1.COP(c1ccccc1)c1ccccc1.COP(c1ccccc1)c1ccccc1.CO[PH+](c1ccccc1)c1ccccc1.[Ni]. The monoisotopic (exact) mass is 923 g/mol. The molecule has 0 bridgehead atoms. The molecule has 0 amide bonds. The van der Waals surface area contributed by atoms with Gasteiger partial charge < -0.3 is 13.6 Å². The molecule has 0 aliphatic carbocycles. The summed E-state index contributed by atoms with van der Waals surface area (Å²) in [6, 6.07) is 82.9. The van der Waals surface area contributed by atoms with Gasteiger partial charge in [0, 0.05) is 69.6 Å². The normalized spacial score (nSPS) is 10.4. The summed E-state index contributed by atoms with van der Waals surface area (Å²) in [7, 11) is 4.11. The first-order valence-corrected chi connectivity index (χ1v) is 24.7. The Morgan fingerprint density at radius 3 is 0.574 bits per heavy atom. The van der Waals surface area contributed by atoms with E-state index in [0.717, 1.165) is 0 Å². The van der Waals surface area contributed by atoms with Crippen LogP contribution in [0.25, 0.3) is 0 Å². The van der Waals surface area contributed by atoms with E-state index in [9.17, 15) is 0 Å². The second kappa shape index (κ2) is 29.2. The summed E-state index contributed by atoms with van der Waals surface area (Å²) < 4.78 is 22.4. The molecule has 4 nitrogen and oxygen atoms in total. The molecule has 0 aliphatic heterocycles. The summed E-state index contributed by atoms with van der Waals surface area (Å²) in [5.74, 6) is 0. The van der Waals surface area contributed by atoms with Crippen molar-refractivity contribution in [2.75, 3.05) is 28.4 Å². The zero-order chi connectivity index (χ0) is 42.0. The van der Waals surface area contributed by atoms with Crippen LogP contribution in [0.15, 0.2) is 243 Å². The minimum atomic E-state index is -1.04. The summed E-state index contributed by atoms with van der Waals surface area (Å²) in [4.78, 5) is 0.